The number of halogens is 1. The zero-order valence-corrected chi connectivity index (χ0v) is 10.5. The van der Waals surface area contributed by atoms with E-state index in [4.69, 9.17) is 17.3 Å². The molecule has 0 unspecified atom stereocenters. The zero-order chi connectivity index (χ0) is 12.3. The van der Waals surface area contributed by atoms with Gasteiger partial charge in [-0.1, -0.05) is 29.8 Å². The second-order valence-corrected chi connectivity index (χ2v) is 4.35. The van der Waals surface area contributed by atoms with E-state index >= 15 is 0 Å². The predicted molar refractivity (Wildman–Crippen MR) is 73.8 cm³/mol. The molecule has 17 heavy (non-hydrogen) atoms. The highest BCUT2D eigenvalue weighted by atomic mass is 35.5. The Morgan fingerprint density at radius 2 is 1.76 bits per heavy atom. The van der Waals surface area contributed by atoms with Gasteiger partial charge in [-0.2, -0.15) is 0 Å². The lowest BCUT2D eigenvalue weighted by atomic mass is 10.2. The maximum atomic E-state index is 5.98. The van der Waals surface area contributed by atoms with Gasteiger partial charge in [0.25, 0.3) is 0 Å². The van der Waals surface area contributed by atoms with Crippen LogP contribution in [0, 0.1) is 0 Å². The van der Waals surface area contributed by atoms with Crippen LogP contribution in [0.1, 0.15) is 5.56 Å². The van der Waals surface area contributed by atoms with Gasteiger partial charge in [0.15, 0.2) is 0 Å². The average Bonchev–Trinajstić information content (AvgIpc) is 2.38. The van der Waals surface area contributed by atoms with E-state index in [2.05, 4.69) is 17.0 Å². The first-order valence-corrected chi connectivity index (χ1v) is 5.87. The van der Waals surface area contributed by atoms with Crippen LogP contribution in [-0.4, -0.2) is 7.05 Å². The topological polar surface area (TPSA) is 29.3 Å². The van der Waals surface area contributed by atoms with Crippen LogP contribution in [0.25, 0.3) is 0 Å². The fourth-order valence-corrected chi connectivity index (χ4v) is 1.87. The van der Waals surface area contributed by atoms with Gasteiger partial charge in [0.1, 0.15) is 0 Å². The summed E-state index contributed by atoms with van der Waals surface area (Å²) in [6, 6.07) is 16.0. The normalized spacial score (nSPS) is 10.3. The summed E-state index contributed by atoms with van der Waals surface area (Å²) in [6.07, 6.45) is 0. The monoisotopic (exact) mass is 246 g/mol. The SMILES string of the molecule is CN(c1ccc(CN)cc1)c1cccc(Cl)c1. The molecule has 0 aliphatic heterocycles. The molecule has 2 N–H and O–H groups in total. The molecule has 0 atom stereocenters. The van der Waals surface area contributed by atoms with Gasteiger partial charge in [-0.05, 0) is 35.9 Å². The predicted octanol–water partition coefficient (Wildman–Crippen LogP) is 3.57. The number of rotatable bonds is 3. The first-order chi connectivity index (χ1) is 8.20. The summed E-state index contributed by atoms with van der Waals surface area (Å²) in [4.78, 5) is 2.09. The van der Waals surface area contributed by atoms with E-state index in [9.17, 15) is 0 Å². The molecule has 0 bridgehead atoms. The number of nitrogens with two attached hydrogens (primary N) is 1. The van der Waals surface area contributed by atoms with Gasteiger partial charge in [-0.3, -0.25) is 0 Å². The lowest BCUT2D eigenvalue weighted by Gasteiger charge is -2.20. The highest BCUT2D eigenvalue weighted by molar-refractivity contribution is 6.30. The number of anilines is 2. The Balaban J connectivity index is 2.27. The molecule has 88 valence electrons. The standard InChI is InChI=1S/C14H15ClN2/c1-17(14-4-2-3-12(15)9-14)13-7-5-11(10-16)6-8-13/h2-9H,10,16H2,1H3. The third kappa shape index (κ3) is 2.78. The molecule has 0 fully saturated rings. The first kappa shape index (κ1) is 12.0. The molecular weight excluding hydrogens is 232 g/mol. The van der Waals surface area contributed by atoms with Crippen LogP contribution in [0.2, 0.25) is 5.02 Å². The van der Waals surface area contributed by atoms with Crippen LogP contribution in [-0.2, 0) is 6.54 Å². The van der Waals surface area contributed by atoms with Crippen molar-refractivity contribution in [3.8, 4) is 0 Å². The Hall–Kier alpha value is -1.51. The van der Waals surface area contributed by atoms with Gasteiger partial charge in [0, 0.05) is 30.0 Å². The molecule has 0 amide bonds. The van der Waals surface area contributed by atoms with Crippen LogP contribution >= 0.6 is 11.6 Å². The van der Waals surface area contributed by atoms with E-state index in [1.165, 1.54) is 0 Å². The summed E-state index contributed by atoms with van der Waals surface area (Å²) in [7, 11) is 2.02. The lowest BCUT2D eigenvalue weighted by Crippen LogP contribution is -2.09. The first-order valence-electron chi connectivity index (χ1n) is 5.49. The summed E-state index contributed by atoms with van der Waals surface area (Å²) in [5.74, 6) is 0. The minimum atomic E-state index is 0.571. The van der Waals surface area contributed by atoms with Crippen molar-refractivity contribution in [3.05, 3.63) is 59.1 Å². The minimum absolute atomic E-state index is 0.571. The second kappa shape index (κ2) is 5.21. The summed E-state index contributed by atoms with van der Waals surface area (Å²) in [6.45, 7) is 0.571. The molecule has 2 aromatic carbocycles. The summed E-state index contributed by atoms with van der Waals surface area (Å²) < 4.78 is 0. The van der Waals surface area contributed by atoms with Crippen molar-refractivity contribution in [1.82, 2.24) is 0 Å². The van der Waals surface area contributed by atoms with Crippen LogP contribution < -0.4 is 10.6 Å². The molecule has 0 heterocycles. The number of hydrogen-bond donors (Lipinski definition) is 1. The molecule has 0 aromatic heterocycles. The van der Waals surface area contributed by atoms with Gasteiger partial charge in [0.2, 0.25) is 0 Å². The van der Waals surface area contributed by atoms with Crippen LogP contribution in [0.5, 0.6) is 0 Å². The summed E-state index contributed by atoms with van der Waals surface area (Å²) >= 11 is 5.98. The van der Waals surface area contributed by atoms with Gasteiger partial charge >= 0.3 is 0 Å². The molecule has 3 heteroatoms. The van der Waals surface area contributed by atoms with Crippen molar-refractivity contribution < 1.29 is 0 Å². The van der Waals surface area contributed by atoms with Crippen molar-refractivity contribution in [1.29, 1.82) is 0 Å². The minimum Gasteiger partial charge on any atom is -0.345 e. The molecule has 0 saturated heterocycles. The van der Waals surface area contributed by atoms with Gasteiger partial charge in [0.05, 0.1) is 0 Å². The molecule has 0 radical (unpaired) electrons. The van der Waals surface area contributed by atoms with Crippen LogP contribution in [0.15, 0.2) is 48.5 Å². The maximum absolute atomic E-state index is 5.98. The molecule has 0 aliphatic carbocycles. The molecular formula is C14H15ClN2. The van der Waals surface area contributed by atoms with Crippen LogP contribution in [0.3, 0.4) is 0 Å². The average molecular weight is 247 g/mol. The van der Waals surface area contributed by atoms with E-state index in [-0.39, 0.29) is 0 Å². The van der Waals surface area contributed by atoms with Crippen molar-refractivity contribution in [2.24, 2.45) is 5.73 Å². The van der Waals surface area contributed by atoms with Crippen molar-refractivity contribution >= 4 is 23.0 Å². The van der Waals surface area contributed by atoms with E-state index < -0.39 is 0 Å². The van der Waals surface area contributed by atoms with Crippen molar-refractivity contribution in [3.63, 3.8) is 0 Å². The molecule has 2 nitrogen and oxygen atoms in total. The smallest absolute Gasteiger partial charge is 0.0426 e. The van der Waals surface area contributed by atoms with Crippen molar-refractivity contribution in [2.75, 3.05) is 11.9 Å². The highest BCUT2D eigenvalue weighted by Gasteiger charge is 2.03. The second-order valence-electron chi connectivity index (χ2n) is 3.91. The van der Waals surface area contributed by atoms with Crippen molar-refractivity contribution in [2.45, 2.75) is 6.54 Å². The van der Waals surface area contributed by atoms with E-state index in [1.807, 2.05) is 43.4 Å². The Labute approximate surface area is 107 Å². The largest absolute Gasteiger partial charge is 0.345 e. The fourth-order valence-electron chi connectivity index (χ4n) is 1.69. The summed E-state index contributed by atoms with van der Waals surface area (Å²) in [5, 5.41) is 0.743. The number of nitrogens with zero attached hydrogens (tertiary/aromatic N) is 1. The third-order valence-corrected chi connectivity index (χ3v) is 2.99. The quantitative estimate of drug-likeness (QED) is 0.897. The Bertz CT molecular complexity index is 494. The van der Waals surface area contributed by atoms with Gasteiger partial charge < -0.3 is 10.6 Å². The Kier molecular flexibility index (Phi) is 3.67. The molecule has 0 spiro atoms. The lowest BCUT2D eigenvalue weighted by molar-refractivity contribution is 1.07. The van der Waals surface area contributed by atoms with Crippen LogP contribution in [0.4, 0.5) is 11.4 Å². The number of benzene rings is 2. The molecule has 0 saturated carbocycles. The van der Waals surface area contributed by atoms with E-state index in [1.54, 1.807) is 0 Å². The maximum Gasteiger partial charge on any atom is 0.0426 e. The zero-order valence-electron chi connectivity index (χ0n) is 9.73. The van der Waals surface area contributed by atoms with Gasteiger partial charge in [-0.15, -0.1) is 0 Å². The van der Waals surface area contributed by atoms with Gasteiger partial charge in [-0.25, -0.2) is 0 Å². The highest BCUT2D eigenvalue weighted by Crippen LogP contribution is 2.25. The number of hydrogen-bond acceptors (Lipinski definition) is 2. The Morgan fingerprint density at radius 1 is 1.06 bits per heavy atom. The molecule has 2 aromatic rings. The third-order valence-electron chi connectivity index (χ3n) is 2.75. The summed E-state index contributed by atoms with van der Waals surface area (Å²) in [5.41, 5.74) is 8.89. The Morgan fingerprint density at radius 3 is 2.35 bits per heavy atom. The molecule has 2 rings (SSSR count). The molecule has 0 aliphatic rings. The van der Waals surface area contributed by atoms with E-state index in [0.717, 1.165) is 22.0 Å². The fraction of sp³-hybridized carbons (Fsp3) is 0.143. The van der Waals surface area contributed by atoms with E-state index in [0.29, 0.717) is 6.54 Å².